The van der Waals surface area contributed by atoms with Gasteiger partial charge < -0.3 is 5.11 Å². The Hall–Kier alpha value is -2.25. The number of benzene rings is 2. The second kappa shape index (κ2) is 6.96. The van der Waals surface area contributed by atoms with Gasteiger partial charge >= 0.3 is 0 Å². The van der Waals surface area contributed by atoms with Crippen LogP contribution in [0.1, 0.15) is 18.1 Å². The van der Waals surface area contributed by atoms with Gasteiger partial charge in [0.25, 0.3) is 0 Å². The van der Waals surface area contributed by atoms with Crippen molar-refractivity contribution >= 4 is 22.7 Å². The second-order valence-electron chi connectivity index (χ2n) is 4.69. The predicted octanol–water partition coefficient (Wildman–Crippen LogP) is 5.90. The van der Waals surface area contributed by atoms with Gasteiger partial charge in [-0.2, -0.15) is 0 Å². The molecular formula is C19H17ClO. The topological polar surface area (TPSA) is 20.2 Å². The van der Waals surface area contributed by atoms with Gasteiger partial charge in [-0.05, 0) is 47.4 Å². The Bertz CT molecular complexity index is 679. The van der Waals surface area contributed by atoms with Crippen LogP contribution < -0.4 is 0 Å². The van der Waals surface area contributed by atoms with Gasteiger partial charge in [0.05, 0.1) is 0 Å². The Morgan fingerprint density at radius 1 is 1.00 bits per heavy atom. The fourth-order valence-electron chi connectivity index (χ4n) is 1.99. The molecule has 0 radical (unpaired) electrons. The Balaban J connectivity index is 2.39. The van der Waals surface area contributed by atoms with Gasteiger partial charge in [-0.1, -0.05) is 66.7 Å². The third kappa shape index (κ3) is 3.87. The molecule has 0 saturated carbocycles. The SMILES string of the molecule is C=C/C(=C\C(O)=C(/C)c1ccccc1)c1ccc(Cl)cc1. The van der Waals surface area contributed by atoms with Crippen molar-refractivity contribution in [1.29, 1.82) is 0 Å². The summed E-state index contributed by atoms with van der Waals surface area (Å²) in [5.74, 6) is 0.228. The lowest BCUT2D eigenvalue weighted by atomic mass is 10.0. The van der Waals surface area contributed by atoms with Crippen LogP contribution in [-0.2, 0) is 0 Å². The summed E-state index contributed by atoms with van der Waals surface area (Å²) in [5, 5.41) is 11.0. The average molecular weight is 297 g/mol. The first kappa shape index (κ1) is 15.1. The molecule has 1 N–H and O–H groups in total. The smallest absolute Gasteiger partial charge is 0.119 e. The van der Waals surface area contributed by atoms with Crippen LogP contribution in [0.3, 0.4) is 0 Å². The van der Waals surface area contributed by atoms with Gasteiger partial charge in [-0.15, -0.1) is 0 Å². The molecule has 0 heterocycles. The van der Waals surface area contributed by atoms with Crippen LogP contribution in [0, 0.1) is 0 Å². The summed E-state index contributed by atoms with van der Waals surface area (Å²) in [6, 6.07) is 17.2. The van der Waals surface area contributed by atoms with E-state index >= 15 is 0 Å². The first-order valence-electron chi connectivity index (χ1n) is 6.67. The number of aliphatic hydroxyl groups excluding tert-OH is 1. The number of hydrogen-bond acceptors (Lipinski definition) is 1. The second-order valence-corrected chi connectivity index (χ2v) is 5.12. The Morgan fingerprint density at radius 2 is 1.62 bits per heavy atom. The van der Waals surface area contributed by atoms with Crippen LogP contribution >= 0.6 is 11.6 Å². The molecule has 0 bridgehead atoms. The van der Waals surface area contributed by atoms with Gasteiger partial charge in [0.15, 0.2) is 0 Å². The van der Waals surface area contributed by atoms with Crippen LogP contribution in [0.4, 0.5) is 0 Å². The number of aliphatic hydroxyl groups is 1. The van der Waals surface area contributed by atoms with Crippen molar-refractivity contribution in [3.8, 4) is 0 Å². The normalized spacial score (nSPS) is 12.8. The van der Waals surface area contributed by atoms with Crippen molar-refractivity contribution in [2.24, 2.45) is 0 Å². The lowest BCUT2D eigenvalue weighted by molar-refractivity contribution is 0.435. The molecule has 2 aromatic carbocycles. The predicted molar refractivity (Wildman–Crippen MR) is 91.3 cm³/mol. The van der Waals surface area contributed by atoms with E-state index in [0.717, 1.165) is 22.3 Å². The Labute approximate surface area is 130 Å². The van der Waals surface area contributed by atoms with Crippen molar-refractivity contribution in [3.05, 3.63) is 95.2 Å². The van der Waals surface area contributed by atoms with E-state index in [0.29, 0.717) is 5.02 Å². The minimum Gasteiger partial charge on any atom is -0.508 e. The van der Waals surface area contributed by atoms with Crippen molar-refractivity contribution in [2.45, 2.75) is 6.92 Å². The van der Waals surface area contributed by atoms with Crippen molar-refractivity contribution in [2.75, 3.05) is 0 Å². The molecule has 0 aliphatic heterocycles. The highest BCUT2D eigenvalue weighted by atomic mass is 35.5. The van der Waals surface area contributed by atoms with E-state index in [9.17, 15) is 5.11 Å². The summed E-state index contributed by atoms with van der Waals surface area (Å²) in [7, 11) is 0. The maximum Gasteiger partial charge on any atom is 0.119 e. The summed E-state index contributed by atoms with van der Waals surface area (Å²) in [4.78, 5) is 0. The summed E-state index contributed by atoms with van der Waals surface area (Å²) in [5.41, 5.74) is 3.62. The summed E-state index contributed by atoms with van der Waals surface area (Å²) >= 11 is 5.89. The van der Waals surface area contributed by atoms with Crippen molar-refractivity contribution in [3.63, 3.8) is 0 Å². The molecule has 0 amide bonds. The van der Waals surface area contributed by atoms with Crippen LogP contribution in [0.2, 0.25) is 5.02 Å². The molecule has 2 heteroatoms. The third-order valence-corrected chi connectivity index (χ3v) is 3.53. The summed E-state index contributed by atoms with van der Waals surface area (Å²) < 4.78 is 0. The first-order valence-corrected chi connectivity index (χ1v) is 7.05. The van der Waals surface area contributed by atoms with Gasteiger partial charge in [-0.25, -0.2) is 0 Å². The van der Waals surface area contributed by atoms with Crippen LogP contribution in [0.5, 0.6) is 0 Å². The van der Waals surface area contributed by atoms with Crippen LogP contribution in [0.15, 0.2) is 79.1 Å². The minimum atomic E-state index is 0.228. The van der Waals surface area contributed by atoms with Crippen molar-refractivity contribution < 1.29 is 5.11 Å². The zero-order chi connectivity index (χ0) is 15.2. The molecule has 0 fully saturated rings. The lowest BCUT2D eigenvalue weighted by Gasteiger charge is -2.06. The quantitative estimate of drug-likeness (QED) is 0.550. The first-order chi connectivity index (χ1) is 10.1. The largest absolute Gasteiger partial charge is 0.508 e. The molecule has 21 heavy (non-hydrogen) atoms. The Morgan fingerprint density at radius 3 is 2.19 bits per heavy atom. The van der Waals surface area contributed by atoms with E-state index < -0.39 is 0 Å². The van der Waals surface area contributed by atoms with E-state index in [-0.39, 0.29) is 5.76 Å². The van der Waals surface area contributed by atoms with Crippen LogP contribution in [-0.4, -0.2) is 5.11 Å². The lowest BCUT2D eigenvalue weighted by Crippen LogP contribution is -1.88. The molecular weight excluding hydrogens is 280 g/mol. The molecule has 2 rings (SSSR count). The van der Waals surface area contributed by atoms with E-state index in [2.05, 4.69) is 6.58 Å². The standard InChI is InChI=1S/C19H17ClO/c1-3-15(17-9-11-18(20)12-10-17)13-19(21)14(2)16-7-5-4-6-8-16/h3-13,21H,1H2,2H3/b15-13+,19-14-. The highest BCUT2D eigenvalue weighted by Crippen LogP contribution is 2.23. The molecule has 106 valence electrons. The van der Waals surface area contributed by atoms with E-state index in [4.69, 9.17) is 11.6 Å². The zero-order valence-electron chi connectivity index (χ0n) is 11.9. The van der Waals surface area contributed by atoms with Gasteiger partial charge in [0, 0.05) is 5.02 Å². The van der Waals surface area contributed by atoms with E-state index in [1.165, 1.54) is 0 Å². The molecule has 0 spiro atoms. The summed E-state index contributed by atoms with van der Waals surface area (Å²) in [6.45, 7) is 5.70. The fraction of sp³-hybridized carbons (Fsp3) is 0.0526. The Kier molecular flexibility index (Phi) is 5.02. The molecule has 0 unspecified atom stereocenters. The molecule has 0 saturated heterocycles. The molecule has 0 aliphatic rings. The molecule has 2 aromatic rings. The van der Waals surface area contributed by atoms with Crippen molar-refractivity contribution in [1.82, 2.24) is 0 Å². The molecule has 1 nitrogen and oxygen atoms in total. The highest BCUT2D eigenvalue weighted by molar-refractivity contribution is 6.30. The van der Waals surface area contributed by atoms with E-state index in [1.54, 1.807) is 12.2 Å². The maximum absolute atomic E-state index is 10.3. The summed E-state index contributed by atoms with van der Waals surface area (Å²) in [6.07, 6.45) is 3.44. The van der Waals surface area contributed by atoms with Gasteiger partial charge in [0.2, 0.25) is 0 Å². The third-order valence-electron chi connectivity index (χ3n) is 3.28. The van der Waals surface area contributed by atoms with Crippen LogP contribution in [0.25, 0.3) is 11.1 Å². The molecule has 0 aromatic heterocycles. The van der Waals surface area contributed by atoms with Gasteiger partial charge in [-0.3, -0.25) is 0 Å². The minimum absolute atomic E-state index is 0.228. The maximum atomic E-state index is 10.3. The van der Waals surface area contributed by atoms with E-state index in [1.807, 2.05) is 61.5 Å². The number of halogens is 1. The molecule has 0 aliphatic carbocycles. The number of rotatable bonds is 4. The number of hydrogen-bond donors (Lipinski definition) is 1. The van der Waals surface area contributed by atoms with Gasteiger partial charge in [0.1, 0.15) is 5.76 Å². The number of allylic oxidation sites excluding steroid dienone is 4. The average Bonchev–Trinajstić information content (AvgIpc) is 2.53. The molecule has 0 atom stereocenters. The highest BCUT2D eigenvalue weighted by Gasteiger charge is 2.03. The monoisotopic (exact) mass is 296 g/mol. The fourth-order valence-corrected chi connectivity index (χ4v) is 2.12. The zero-order valence-corrected chi connectivity index (χ0v) is 12.6.